The summed E-state index contributed by atoms with van der Waals surface area (Å²) in [7, 11) is 0. The number of carbonyl (C=O) groups excluding carboxylic acids is 1. The van der Waals surface area contributed by atoms with Gasteiger partial charge in [0.15, 0.2) is 0 Å². The monoisotopic (exact) mass is 402 g/mol. The van der Waals surface area contributed by atoms with Gasteiger partial charge >= 0.3 is 5.97 Å². The number of carbonyl (C=O) groups is 1. The molecule has 156 valence electrons. The molecule has 0 aromatic heterocycles. The maximum Gasteiger partial charge on any atom is 0.330 e. The van der Waals surface area contributed by atoms with Crippen LogP contribution in [-0.4, -0.2) is 17.7 Å². The third kappa shape index (κ3) is 3.55. The lowest BCUT2D eigenvalue weighted by molar-refractivity contribution is -0.137. The zero-order valence-corrected chi connectivity index (χ0v) is 17.6. The van der Waals surface area contributed by atoms with Crippen LogP contribution in [0, 0.1) is 17.8 Å². The van der Waals surface area contributed by atoms with Crippen LogP contribution in [-0.2, 0) is 14.9 Å². The Morgan fingerprint density at radius 1 is 1.03 bits per heavy atom. The van der Waals surface area contributed by atoms with Crippen molar-refractivity contribution >= 4 is 12.0 Å². The highest BCUT2D eigenvalue weighted by Crippen LogP contribution is 2.62. The average molecular weight is 403 g/mol. The fraction of sp³-hybridized carbons (Fsp3) is 0.444. The number of hydrogen-bond donors (Lipinski definition) is 1. The van der Waals surface area contributed by atoms with Crippen LogP contribution in [0.4, 0.5) is 0 Å². The van der Waals surface area contributed by atoms with Gasteiger partial charge in [-0.05, 0) is 110 Å². The van der Waals surface area contributed by atoms with Crippen molar-refractivity contribution in [1.29, 1.82) is 0 Å². The first-order valence-electron chi connectivity index (χ1n) is 11.3. The number of hydrogen-bond acceptors (Lipinski definition) is 3. The molecule has 3 heteroatoms. The van der Waals surface area contributed by atoms with E-state index in [0.717, 1.165) is 40.0 Å². The molecule has 1 N–H and O–H groups in total. The third-order valence-electron chi connectivity index (χ3n) is 7.52. The van der Waals surface area contributed by atoms with Crippen molar-refractivity contribution in [2.45, 2.75) is 50.9 Å². The Morgan fingerprint density at radius 3 is 2.37 bits per heavy atom. The Bertz CT molecular complexity index is 952. The molecule has 4 saturated carbocycles. The molecule has 2 aromatic rings. The van der Waals surface area contributed by atoms with Crippen molar-refractivity contribution in [3.8, 4) is 16.9 Å². The smallest absolute Gasteiger partial charge is 0.330 e. The summed E-state index contributed by atoms with van der Waals surface area (Å²) in [6, 6.07) is 14.3. The van der Waals surface area contributed by atoms with Crippen molar-refractivity contribution in [2.75, 3.05) is 6.61 Å². The summed E-state index contributed by atoms with van der Waals surface area (Å²) in [5.41, 5.74) is 4.52. The molecular weight excluding hydrogens is 372 g/mol. The molecule has 4 fully saturated rings. The SMILES string of the molecule is CCOC(=O)C=Cc1cccc(-c2ccc(O)c(C34CC5CC(CC(C5)C3)C4)c2)c1. The Labute approximate surface area is 178 Å². The summed E-state index contributed by atoms with van der Waals surface area (Å²) in [5.74, 6) is 2.66. The van der Waals surface area contributed by atoms with Crippen molar-refractivity contribution in [1.82, 2.24) is 0 Å². The minimum atomic E-state index is -0.323. The van der Waals surface area contributed by atoms with Gasteiger partial charge in [-0.1, -0.05) is 24.3 Å². The zero-order chi connectivity index (χ0) is 20.7. The van der Waals surface area contributed by atoms with E-state index >= 15 is 0 Å². The highest BCUT2D eigenvalue weighted by atomic mass is 16.5. The van der Waals surface area contributed by atoms with Crippen LogP contribution in [0.2, 0.25) is 0 Å². The maximum atomic E-state index is 11.6. The first kappa shape index (κ1) is 19.4. The van der Waals surface area contributed by atoms with Crippen molar-refractivity contribution in [2.24, 2.45) is 17.8 Å². The molecule has 4 bridgehead atoms. The number of ether oxygens (including phenoxy) is 1. The van der Waals surface area contributed by atoms with Gasteiger partial charge in [0, 0.05) is 11.6 Å². The van der Waals surface area contributed by atoms with Gasteiger partial charge in [-0.3, -0.25) is 0 Å². The molecule has 0 heterocycles. The van der Waals surface area contributed by atoms with Crippen LogP contribution >= 0.6 is 0 Å². The quantitative estimate of drug-likeness (QED) is 0.485. The van der Waals surface area contributed by atoms with E-state index in [1.54, 1.807) is 13.0 Å². The van der Waals surface area contributed by atoms with Crippen molar-refractivity contribution in [3.05, 3.63) is 59.7 Å². The Balaban J connectivity index is 1.46. The number of esters is 1. The topological polar surface area (TPSA) is 46.5 Å². The van der Waals surface area contributed by atoms with Gasteiger partial charge in [0.05, 0.1) is 6.61 Å². The van der Waals surface area contributed by atoms with Gasteiger partial charge in [-0.25, -0.2) is 4.79 Å². The average Bonchev–Trinajstić information content (AvgIpc) is 2.72. The van der Waals surface area contributed by atoms with E-state index in [2.05, 4.69) is 18.2 Å². The van der Waals surface area contributed by atoms with Gasteiger partial charge in [0.1, 0.15) is 5.75 Å². The van der Waals surface area contributed by atoms with Crippen molar-refractivity contribution in [3.63, 3.8) is 0 Å². The highest BCUT2D eigenvalue weighted by Gasteiger charge is 2.52. The van der Waals surface area contributed by atoms with E-state index in [1.165, 1.54) is 44.6 Å². The molecule has 2 aromatic carbocycles. The predicted octanol–water partition coefficient (Wildman–Crippen LogP) is 6.10. The van der Waals surface area contributed by atoms with Gasteiger partial charge in [-0.15, -0.1) is 0 Å². The Hall–Kier alpha value is -2.55. The lowest BCUT2D eigenvalue weighted by Crippen LogP contribution is -2.48. The number of rotatable bonds is 5. The fourth-order valence-corrected chi connectivity index (χ4v) is 6.76. The van der Waals surface area contributed by atoms with Gasteiger partial charge in [0.25, 0.3) is 0 Å². The minimum Gasteiger partial charge on any atom is -0.508 e. The van der Waals surface area contributed by atoms with E-state index in [9.17, 15) is 9.90 Å². The molecule has 0 aliphatic heterocycles. The Kier molecular flexibility index (Phi) is 4.92. The van der Waals surface area contributed by atoms with Crippen LogP contribution in [0.5, 0.6) is 5.75 Å². The second kappa shape index (κ2) is 7.61. The molecule has 6 rings (SSSR count). The van der Waals surface area contributed by atoms with Crippen LogP contribution in [0.25, 0.3) is 17.2 Å². The van der Waals surface area contributed by atoms with E-state index in [0.29, 0.717) is 12.4 Å². The molecule has 0 spiro atoms. The Morgan fingerprint density at radius 2 is 1.70 bits per heavy atom. The predicted molar refractivity (Wildman–Crippen MR) is 119 cm³/mol. The molecule has 0 radical (unpaired) electrons. The van der Waals surface area contributed by atoms with Crippen LogP contribution < -0.4 is 0 Å². The second-order valence-corrected chi connectivity index (χ2v) is 9.64. The summed E-state index contributed by atoms with van der Waals surface area (Å²) < 4.78 is 4.97. The maximum absolute atomic E-state index is 11.6. The summed E-state index contributed by atoms with van der Waals surface area (Å²) in [6.45, 7) is 2.18. The number of phenols is 1. The summed E-state index contributed by atoms with van der Waals surface area (Å²) in [6.07, 6.45) is 11.2. The molecular formula is C27H30O3. The first-order chi connectivity index (χ1) is 14.5. The molecule has 30 heavy (non-hydrogen) atoms. The largest absolute Gasteiger partial charge is 0.508 e. The lowest BCUT2D eigenvalue weighted by Gasteiger charge is -2.57. The highest BCUT2D eigenvalue weighted by molar-refractivity contribution is 5.87. The molecule has 0 saturated heterocycles. The molecule has 3 nitrogen and oxygen atoms in total. The number of aromatic hydroxyl groups is 1. The first-order valence-corrected chi connectivity index (χ1v) is 11.3. The summed E-state index contributed by atoms with van der Waals surface area (Å²) in [4.78, 5) is 11.6. The van der Waals surface area contributed by atoms with Crippen LogP contribution in [0.15, 0.2) is 48.5 Å². The fourth-order valence-electron chi connectivity index (χ4n) is 6.76. The standard InChI is InChI=1S/C27H30O3/c1-2-30-26(29)9-6-18-4-3-5-22(13-18)23-7-8-25(28)24(14-23)27-15-19-10-20(16-27)12-21(11-19)17-27/h3-9,13-14,19-21,28H,2,10-12,15-17H2,1H3. The van der Waals surface area contributed by atoms with Gasteiger partial charge < -0.3 is 9.84 Å². The second-order valence-electron chi connectivity index (χ2n) is 9.64. The summed E-state index contributed by atoms with van der Waals surface area (Å²) >= 11 is 0. The van der Waals surface area contributed by atoms with E-state index in [4.69, 9.17) is 4.74 Å². The van der Waals surface area contributed by atoms with Crippen LogP contribution in [0.1, 0.15) is 56.6 Å². The van der Waals surface area contributed by atoms with Gasteiger partial charge in [0.2, 0.25) is 0 Å². The molecule has 0 atom stereocenters. The zero-order valence-electron chi connectivity index (χ0n) is 17.6. The number of benzene rings is 2. The van der Waals surface area contributed by atoms with Crippen LogP contribution in [0.3, 0.4) is 0 Å². The molecule has 0 amide bonds. The van der Waals surface area contributed by atoms with Crippen molar-refractivity contribution < 1.29 is 14.6 Å². The van der Waals surface area contributed by atoms with E-state index in [-0.39, 0.29) is 11.4 Å². The van der Waals surface area contributed by atoms with Gasteiger partial charge in [-0.2, -0.15) is 0 Å². The molecule has 4 aliphatic carbocycles. The molecule has 0 unspecified atom stereocenters. The third-order valence-corrected chi connectivity index (χ3v) is 7.52. The normalized spacial score (nSPS) is 29.4. The van der Waals surface area contributed by atoms with E-state index < -0.39 is 0 Å². The molecule has 4 aliphatic rings. The van der Waals surface area contributed by atoms with E-state index in [1.807, 2.05) is 24.3 Å². The minimum absolute atomic E-state index is 0.163. The number of phenolic OH excluding ortho intramolecular Hbond substituents is 1. The summed E-state index contributed by atoms with van der Waals surface area (Å²) in [5, 5.41) is 10.8. The lowest BCUT2D eigenvalue weighted by atomic mass is 9.48.